The second kappa shape index (κ2) is 10.3. The third-order valence-electron chi connectivity index (χ3n) is 3.27. The summed E-state index contributed by atoms with van der Waals surface area (Å²) in [7, 11) is 1.89. The molecule has 0 amide bonds. The molecular formula is C20H16ClO4P. The van der Waals surface area contributed by atoms with Crippen molar-refractivity contribution < 1.29 is 19.1 Å². The summed E-state index contributed by atoms with van der Waals surface area (Å²) in [5.74, 6) is -0.397. The summed E-state index contributed by atoms with van der Waals surface area (Å²) in [4.78, 5) is 24.7. The van der Waals surface area contributed by atoms with E-state index in [1.165, 1.54) is 12.1 Å². The Kier molecular flexibility index (Phi) is 7.81. The van der Waals surface area contributed by atoms with Crippen molar-refractivity contribution >= 4 is 31.8 Å². The molecule has 0 heterocycles. The first-order valence-corrected chi connectivity index (χ1v) is 9.34. The lowest BCUT2D eigenvalue weighted by atomic mass is 10.1. The van der Waals surface area contributed by atoms with E-state index in [0.717, 1.165) is 0 Å². The third kappa shape index (κ3) is 5.41. The summed E-state index contributed by atoms with van der Waals surface area (Å²) >= 11 is 4.56. The van der Waals surface area contributed by atoms with E-state index >= 15 is 0 Å². The molecular weight excluding hydrogens is 371 g/mol. The highest BCUT2D eigenvalue weighted by Gasteiger charge is 2.20. The van der Waals surface area contributed by atoms with Crippen molar-refractivity contribution in [3.63, 3.8) is 0 Å². The van der Waals surface area contributed by atoms with Gasteiger partial charge in [0, 0.05) is 0 Å². The first-order chi connectivity index (χ1) is 12.7. The number of carbonyl (C=O) groups excluding carboxylic acids is 2. The topological polar surface area (TPSA) is 52.6 Å². The highest BCUT2D eigenvalue weighted by Crippen LogP contribution is 2.17. The Morgan fingerprint density at radius 2 is 0.885 bits per heavy atom. The van der Waals surface area contributed by atoms with Crippen LogP contribution in [0.15, 0.2) is 84.9 Å². The molecule has 0 spiro atoms. The minimum Gasteiger partial charge on any atom is -0.423 e. The van der Waals surface area contributed by atoms with Crippen molar-refractivity contribution in [2.24, 2.45) is 0 Å². The van der Waals surface area contributed by atoms with Gasteiger partial charge in [-0.25, -0.2) is 9.59 Å². The molecule has 0 aliphatic carbocycles. The number of carbonyl (C=O) groups is 2. The smallest absolute Gasteiger partial charge is 0.344 e. The van der Waals surface area contributed by atoms with E-state index in [4.69, 9.17) is 9.47 Å². The monoisotopic (exact) mass is 386 g/mol. The van der Waals surface area contributed by atoms with Crippen LogP contribution in [-0.2, 0) is 0 Å². The standard InChI is InChI=1S/C20H14O4.ClH2P/c21-19(23-15-9-3-1-4-10-15)17-13-7-8-14-18(17)20(22)24-16-11-5-2-6-12-16;1-2/h1-14H;2H2. The maximum atomic E-state index is 12.4. The van der Waals surface area contributed by atoms with Crippen LogP contribution < -0.4 is 9.47 Å². The number of hydrogen-bond acceptors (Lipinski definition) is 4. The average Bonchev–Trinajstić information content (AvgIpc) is 2.71. The van der Waals surface area contributed by atoms with Gasteiger partial charge in [-0.3, -0.25) is 0 Å². The number of halogens is 1. The molecule has 0 aliphatic heterocycles. The first kappa shape index (κ1) is 19.6. The van der Waals surface area contributed by atoms with Gasteiger partial charge in [0.05, 0.1) is 11.1 Å². The molecule has 0 aliphatic rings. The number of para-hydroxylation sites is 2. The Labute approximate surface area is 158 Å². The van der Waals surface area contributed by atoms with Gasteiger partial charge in [0.2, 0.25) is 0 Å². The van der Waals surface area contributed by atoms with Gasteiger partial charge in [-0.2, -0.15) is 0 Å². The quantitative estimate of drug-likeness (QED) is 0.354. The van der Waals surface area contributed by atoms with Crippen molar-refractivity contribution in [3.8, 4) is 11.5 Å². The van der Waals surface area contributed by atoms with E-state index in [0.29, 0.717) is 11.5 Å². The molecule has 0 bridgehead atoms. The van der Waals surface area contributed by atoms with Gasteiger partial charge in [0.25, 0.3) is 0 Å². The van der Waals surface area contributed by atoms with Gasteiger partial charge in [0.15, 0.2) is 0 Å². The zero-order valence-electron chi connectivity index (χ0n) is 13.7. The third-order valence-corrected chi connectivity index (χ3v) is 3.27. The van der Waals surface area contributed by atoms with Crippen molar-refractivity contribution in [1.29, 1.82) is 0 Å². The van der Waals surface area contributed by atoms with Gasteiger partial charge in [-0.1, -0.05) is 48.5 Å². The number of esters is 2. The average molecular weight is 387 g/mol. The maximum absolute atomic E-state index is 12.4. The summed E-state index contributed by atoms with van der Waals surface area (Å²) in [6.45, 7) is 0. The van der Waals surface area contributed by atoms with Crippen LogP contribution in [0.25, 0.3) is 0 Å². The molecule has 0 N–H and O–H groups in total. The molecule has 1 atom stereocenters. The summed E-state index contributed by atoms with van der Waals surface area (Å²) in [5.41, 5.74) is 0.310. The number of ether oxygens (including phenoxy) is 2. The normalized spacial score (nSPS) is 9.46. The molecule has 0 radical (unpaired) electrons. The number of hydrogen-bond donors (Lipinski definition) is 0. The molecule has 132 valence electrons. The summed E-state index contributed by atoms with van der Waals surface area (Å²) in [6, 6.07) is 23.8. The second-order valence-corrected chi connectivity index (χ2v) is 4.95. The van der Waals surface area contributed by atoms with Crippen LogP contribution in [0.3, 0.4) is 0 Å². The highest BCUT2D eigenvalue weighted by molar-refractivity contribution is 7.52. The molecule has 3 aromatic rings. The van der Waals surface area contributed by atoms with Crippen LogP contribution in [0.4, 0.5) is 0 Å². The second-order valence-electron chi connectivity index (χ2n) is 4.95. The largest absolute Gasteiger partial charge is 0.423 e. The van der Waals surface area contributed by atoms with E-state index in [1.54, 1.807) is 60.7 Å². The highest BCUT2D eigenvalue weighted by atomic mass is 35.7. The molecule has 1 unspecified atom stereocenters. The Morgan fingerprint density at radius 3 is 1.23 bits per heavy atom. The zero-order valence-corrected chi connectivity index (χ0v) is 15.6. The fourth-order valence-electron chi connectivity index (χ4n) is 2.14. The van der Waals surface area contributed by atoms with Crippen LogP contribution in [0.1, 0.15) is 20.7 Å². The van der Waals surface area contributed by atoms with E-state index in [1.807, 2.05) is 20.7 Å². The summed E-state index contributed by atoms with van der Waals surface area (Å²) in [6.07, 6.45) is 0. The van der Waals surface area contributed by atoms with Crippen molar-refractivity contribution in [3.05, 3.63) is 96.1 Å². The fourth-order valence-corrected chi connectivity index (χ4v) is 2.14. The Morgan fingerprint density at radius 1 is 0.577 bits per heavy atom. The molecule has 26 heavy (non-hydrogen) atoms. The molecule has 6 heteroatoms. The van der Waals surface area contributed by atoms with Crippen molar-refractivity contribution in [1.82, 2.24) is 0 Å². The van der Waals surface area contributed by atoms with Crippen LogP contribution in [0.2, 0.25) is 0 Å². The van der Waals surface area contributed by atoms with E-state index in [9.17, 15) is 9.59 Å². The lowest BCUT2D eigenvalue weighted by Crippen LogP contribution is -2.17. The van der Waals surface area contributed by atoms with E-state index < -0.39 is 11.9 Å². The van der Waals surface area contributed by atoms with Crippen LogP contribution >= 0.6 is 19.8 Å². The predicted octanol–water partition coefficient (Wildman–Crippen LogP) is 5.14. The van der Waals surface area contributed by atoms with Gasteiger partial charge in [-0.05, 0) is 45.0 Å². The molecule has 0 fully saturated rings. The fraction of sp³-hybridized carbons (Fsp3) is 0. The summed E-state index contributed by atoms with van der Waals surface area (Å²) < 4.78 is 10.6. The maximum Gasteiger partial charge on any atom is 0.344 e. The molecule has 0 aromatic heterocycles. The number of benzene rings is 3. The minimum atomic E-state index is -0.609. The van der Waals surface area contributed by atoms with Gasteiger partial charge >= 0.3 is 11.9 Å². The molecule has 3 aromatic carbocycles. The van der Waals surface area contributed by atoms with Gasteiger partial charge in [-0.15, -0.1) is 11.2 Å². The Balaban J connectivity index is 0.00000117. The Bertz CT molecular complexity index is 781. The summed E-state index contributed by atoms with van der Waals surface area (Å²) in [5, 5.41) is 0. The Hall–Kier alpha value is -2.68. The SMILES string of the molecule is O=C(Oc1ccccc1)c1ccccc1C(=O)Oc1ccccc1.PCl. The van der Waals surface area contributed by atoms with E-state index in [-0.39, 0.29) is 11.1 Å². The lowest BCUT2D eigenvalue weighted by Gasteiger charge is -2.09. The molecule has 4 nitrogen and oxygen atoms in total. The van der Waals surface area contributed by atoms with Gasteiger partial charge in [0.1, 0.15) is 11.5 Å². The molecule has 3 rings (SSSR count). The first-order valence-electron chi connectivity index (χ1n) is 7.59. The van der Waals surface area contributed by atoms with Crippen LogP contribution in [0.5, 0.6) is 11.5 Å². The molecule has 0 saturated carbocycles. The van der Waals surface area contributed by atoms with Gasteiger partial charge < -0.3 is 9.47 Å². The zero-order chi connectivity index (χ0) is 18.8. The number of rotatable bonds is 4. The van der Waals surface area contributed by atoms with Crippen LogP contribution in [0, 0.1) is 0 Å². The predicted molar refractivity (Wildman–Crippen MR) is 105 cm³/mol. The van der Waals surface area contributed by atoms with Crippen LogP contribution in [-0.4, -0.2) is 11.9 Å². The minimum absolute atomic E-state index is 0.155. The van der Waals surface area contributed by atoms with E-state index in [2.05, 4.69) is 11.2 Å². The molecule has 0 saturated heterocycles. The lowest BCUT2D eigenvalue weighted by molar-refractivity contribution is 0.0692. The van der Waals surface area contributed by atoms with Crippen molar-refractivity contribution in [2.75, 3.05) is 0 Å². The van der Waals surface area contributed by atoms with Crippen molar-refractivity contribution in [2.45, 2.75) is 0 Å².